The zero-order valence-corrected chi connectivity index (χ0v) is 12.1. The first kappa shape index (κ1) is 14.5. The first-order valence-electron chi connectivity index (χ1n) is 6.89. The highest BCUT2D eigenvalue weighted by Gasteiger charge is 2.12. The topological polar surface area (TPSA) is 87.9 Å². The quantitative estimate of drug-likeness (QED) is 0.802. The number of hydrogen-bond donors (Lipinski definition) is 1. The van der Waals surface area contributed by atoms with Crippen molar-refractivity contribution in [3.63, 3.8) is 0 Å². The van der Waals surface area contributed by atoms with Crippen LogP contribution in [0.5, 0.6) is 0 Å². The monoisotopic (exact) mass is 304 g/mol. The molecule has 112 valence electrons. The summed E-state index contributed by atoms with van der Waals surface area (Å²) in [6.45, 7) is 0.155. The fraction of sp³-hybridized carbons (Fsp3) is 0.0588. The number of hydrogen-bond acceptors (Lipinski definition) is 5. The smallest absolute Gasteiger partial charge is 0.411 e. The van der Waals surface area contributed by atoms with E-state index < -0.39 is 6.09 Å². The Morgan fingerprint density at radius 1 is 1.13 bits per heavy atom. The Morgan fingerprint density at radius 3 is 2.70 bits per heavy atom. The lowest BCUT2D eigenvalue weighted by molar-refractivity contribution is 0.155. The third-order valence-corrected chi connectivity index (χ3v) is 3.20. The molecule has 1 heterocycles. The van der Waals surface area contributed by atoms with Gasteiger partial charge >= 0.3 is 6.09 Å². The largest absolute Gasteiger partial charge is 0.444 e. The second kappa shape index (κ2) is 6.54. The van der Waals surface area contributed by atoms with E-state index in [0.717, 1.165) is 5.56 Å². The molecule has 23 heavy (non-hydrogen) atoms. The second-order valence-electron chi connectivity index (χ2n) is 4.71. The molecule has 2 aromatic carbocycles. The Labute approximate surface area is 132 Å². The summed E-state index contributed by atoms with van der Waals surface area (Å²) in [4.78, 5) is 20.2. The summed E-state index contributed by atoms with van der Waals surface area (Å²) in [5.41, 5.74) is 2.52. The van der Waals surface area contributed by atoms with E-state index in [4.69, 9.17) is 4.74 Å². The zero-order valence-electron chi connectivity index (χ0n) is 12.1. The highest BCUT2D eigenvalue weighted by Crippen LogP contribution is 2.22. The first-order chi connectivity index (χ1) is 11.3. The number of nitriles is 1. The summed E-state index contributed by atoms with van der Waals surface area (Å²) in [5.74, 6) is 0. The number of amides is 1. The van der Waals surface area contributed by atoms with Crippen molar-refractivity contribution >= 4 is 22.8 Å². The van der Waals surface area contributed by atoms with Crippen molar-refractivity contribution in [2.24, 2.45) is 0 Å². The van der Waals surface area contributed by atoms with Crippen LogP contribution in [0.3, 0.4) is 0 Å². The molecule has 1 amide bonds. The summed E-state index contributed by atoms with van der Waals surface area (Å²) in [6, 6.07) is 14.7. The molecule has 0 bridgehead atoms. The molecule has 6 nitrogen and oxygen atoms in total. The summed E-state index contributed by atoms with van der Waals surface area (Å²) in [6.07, 6.45) is 2.42. The molecule has 0 fully saturated rings. The van der Waals surface area contributed by atoms with E-state index in [-0.39, 0.29) is 12.2 Å². The molecule has 3 aromatic rings. The van der Waals surface area contributed by atoms with Gasteiger partial charge in [-0.05, 0) is 17.7 Å². The number of nitrogens with one attached hydrogen (secondary N) is 1. The average Bonchev–Trinajstić information content (AvgIpc) is 2.60. The number of rotatable bonds is 3. The van der Waals surface area contributed by atoms with Crippen LogP contribution in [-0.4, -0.2) is 16.1 Å². The van der Waals surface area contributed by atoms with Crippen LogP contribution in [0.1, 0.15) is 11.1 Å². The van der Waals surface area contributed by atoms with Gasteiger partial charge < -0.3 is 4.74 Å². The van der Waals surface area contributed by atoms with Gasteiger partial charge in [0, 0.05) is 12.4 Å². The lowest BCUT2D eigenvalue weighted by Gasteiger charge is -2.09. The van der Waals surface area contributed by atoms with E-state index in [1.165, 1.54) is 6.20 Å². The number of benzene rings is 2. The van der Waals surface area contributed by atoms with Crippen molar-refractivity contribution in [1.82, 2.24) is 9.97 Å². The van der Waals surface area contributed by atoms with E-state index >= 15 is 0 Å². The second-order valence-corrected chi connectivity index (χ2v) is 4.71. The molecular formula is C17H12N4O2. The molecule has 6 heteroatoms. The minimum Gasteiger partial charge on any atom is -0.444 e. The molecule has 0 radical (unpaired) electrons. The molecule has 0 aliphatic carbocycles. The maximum Gasteiger partial charge on any atom is 0.411 e. The summed E-state index contributed by atoms with van der Waals surface area (Å²) in [7, 11) is 0. The van der Waals surface area contributed by atoms with Crippen LogP contribution in [0.15, 0.2) is 54.9 Å². The number of fused-ring (bicyclic) bond motifs is 1. The number of anilines is 1. The summed E-state index contributed by atoms with van der Waals surface area (Å²) >= 11 is 0. The third-order valence-electron chi connectivity index (χ3n) is 3.20. The predicted molar refractivity (Wildman–Crippen MR) is 84.5 cm³/mol. The maximum atomic E-state index is 11.9. The molecule has 0 aliphatic heterocycles. The molecule has 0 aliphatic rings. The molecular weight excluding hydrogens is 292 g/mol. The third kappa shape index (κ3) is 3.24. The number of carbonyl (C=O) groups excluding carboxylic acids is 1. The normalized spacial score (nSPS) is 10.0. The van der Waals surface area contributed by atoms with E-state index in [1.807, 2.05) is 36.4 Å². The Balaban J connectivity index is 1.76. The van der Waals surface area contributed by atoms with Crippen LogP contribution in [0.2, 0.25) is 0 Å². The Kier molecular flexibility index (Phi) is 4.11. The lowest BCUT2D eigenvalue weighted by atomic mass is 10.1. The van der Waals surface area contributed by atoms with E-state index in [0.29, 0.717) is 16.7 Å². The molecule has 3 rings (SSSR count). The van der Waals surface area contributed by atoms with Gasteiger partial charge in [-0.2, -0.15) is 5.26 Å². The average molecular weight is 304 g/mol. The van der Waals surface area contributed by atoms with Gasteiger partial charge in [0.1, 0.15) is 23.8 Å². The van der Waals surface area contributed by atoms with Crippen LogP contribution in [0, 0.1) is 11.3 Å². The van der Waals surface area contributed by atoms with Crippen LogP contribution >= 0.6 is 0 Å². The number of carbonyl (C=O) groups is 1. The number of aromatic nitrogens is 2. The fourth-order valence-electron chi connectivity index (χ4n) is 2.12. The van der Waals surface area contributed by atoms with Gasteiger partial charge in [-0.3, -0.25) is 15.3 Å². The van der Waals surface area contributed by atoms with Crippen LogP contribution in [0.25, 0.3) is 11.0 Å². The highest BCUT2D eigenvalue weighted by molar-refractivity contribution is 5.93. The minimum atomic E-state index is -0.631. The highest BCUT2D eigenvalue weighted by atomic mass is 16.5. The molecule has 0 saturated carbocycles. The molecule has 0 unspecified atom stereocenters. The lowest BCUT2D eigenvalue weighted by Crippen LogP contribution is -2.14. The van der Waals surface area contributed by atoms with Gasteiger partial charge in [-0.25, -0.2) is 4.79 Å². The van der Waals surface area contributed by atoms with Crippen molar-refractivity contribution in [3.05, 3.63) is 66.0 Å². The maximum absolute atomic E-state index is 11.9. The number of ether oxygens (including phenoxy) is 1. The van der Waals surface area contributed by atoms with Crippen LogP contribution in [-0.2, 0) is 11.3 Å². The summed E-state index contributed by atoms with van der Waals surface area (Å²) in [5, 5.41) is 11.9. The van der Waals surface area contributed by atoms with Crippen LogP contribution in [0.4, 0.5) is 10.5 Å². The number of nitrogens with zero attached hydrogens (tertiary/aromatic N) is 3. The van der Waals surface area contributed by atoms with Crippen molar-refractivity contribution in [2.75, 3.05) is 5.32 Å². The standard InChI is InChI=1S/C17H12N4O2/c18-10-13-14(6-7-15-16(13)20-9-8-19-15)21-17(22)23-11-12-4-2-1-3-5-12/h1-9H,11H2,(H,21,22). The SMILES string of the molecule is N#Cc1c(NC(=O)OCc2ccccc2)ccc2nccnc12. The van der Waals surface area contributed by atoms with Crippen LogP contribution < -0.4 is 5.32 Å². The fourth-order valence-corrected chi connectivity index (χ4v) is 2.12. The van der Waals surface area contributed by atoms with Crippen molar-refractivity contribution < 1.29 is 9.53 Å². The van der Waals surface area contributed by atoms with Crippen molar-refractivity contribution in [2.45, 2.75) is 6.61 Å². The van der Waals surface area contributed by atoms with Crippen molar-refractivity contribution in [1.29, 1.82) is 5.26 Å². The molecule has 0 saturated heterocycles. The molecule has 0 atom stereocenters. The van der Waals surface area contributed by atoms with Gasteiger partial charge in [-0.15, -0.1) is 0 Å². The predicted octanol–water partition coefficient (Wildman–Crippen LogP) is 3.25. The van der Waals surface area contributed by atoms with Gasteiger partial charge in [0.25, 0.3) is 0 Å². The van der Waals surface area contributed by atoms with E-state index in [2.05, 4.69) is 15.3 Å². The van der Waals surface area contributed by atoms with Gasteiger partial charge in [0.05, 0.1) is 11.2 Å². The minimum absolute atomic E-state index is 0.155. The Morgan fingerprint density at radius 2 is 1.91 bits per heavy atom. The zero-order chi connectivity index (χ0) is 16.1. The van der Waals surface area contributed by atoms with Gasteiger partial charge in [0.15, 0.2) is 0 Å². The van der Waals surface area contributed by atoms with Gasteiger partial charge in [0.2, 0.25) is 0 Å². The van der Waals surface area contributed by atoms with Crippen molar-refractivity contribution in [3.8, 4) is 6.07 Å². The molecule has 1 N–H and O–H groups in total. The Hall–Kier alpha value is -3.46. The van der Waals surface area contributed by atoms with Gasteiger partial charge in [-0.1, -0.05) is 30.3 Å². The first-order valence-corrected chi connectivity index (χ1v) is 6.89. The molecule has 0 spiro atoms. The Bertz CT molecular complexity index is 888. The van der Waals surface area contributed by atoms with E-state index in [1.54, 1.807) is 18.3 Å². The summed E-state index contributed by atoms with van der Waals surface area (Å²) < 4.78 is 5.15. The van der Waals surface area contributed by atoms with E-state index in [9.17, 15) is 10.1 Å². The molecule has 1 aromatic heterocycles.